The van der Waals surface area contributed by atoms with Gasteiger partial charge in [0.1, 0.15) is 0 Å². The maximum atomic E-state index is 12.0. The fourth-order valence-electron chi connectivity index (χ4n) is 3.60. The second-order valence-electron chi connectivity index (χ2n) is 6.40. The maximum Gasteiger partial charge on any atom is 0.189 e. The molecule has 0 atom stereocenters. The number of aromatic nitrogens is 1. The Morgan fingerprint density at radius 1 is 1.05 bits per heavy atom. The van der Waals surface area contributed by atoms with Crippen LogP contribution in [-0.2, 0) is 6.54 Å². The summed E-state index contributed by atoms with van der Waals surface area (Å²) in [7, 11) is 0. The molecule has 2 aromatic rings. The third-order valence-corrected chi connectivity index (χ3v) is 5.56. The Morgan fingerprint density at radius 3 is 2.48 bits per heavy atom. The van der Waals surface area contributed by atoms with Gasteiger partial charge in [-0.15, -0.1) is 0 Å². The SMILES string of the molecule is O=c1ccn(CC2(CS)CCCCCC2)c2ccccc12. The fraction of sp³-hybridized carbons (Fsp3) is 0.500. The van der Waals surface area contributed by atoms with Crippen molar-refractivity contribution in [1.29, 1.82) is 0 Å². The van der Waals surface area contributed by atoms with E-state index >= 15 is 0 Å². The smallest absolute Gasteiger partial charge is 0.189 e. The van der Waals surface area contributed by atoms with E-state index in [4.69, 9.17) is 0 Å². The monoisotopic (exact) mass is 301 g/mol. The summed E-state index contributed by atoms with van der Waals surface area (Å²) >= 11 is 4.67. The molecule has 0 spiro atoms. The van der Waals surface area contributed by atoms with Crippen LogP contribution in [0.2, 0.25) is 0 Å². The standard InChI is InChI=1S/C18H23NOS/c20-17-9-12-19(16-8-4-3-7-15(16)17)13-18(14-21)10-5-1-2-6-11-18/h3-4,7-9,12,21H,1-2,5-6,10-11,13-14H2. The maximum absolute atomic E-state index is 12.0. The molecule has 112 valence electrons. The van der Waals surface area contributed by atoms with Gasteiger partial charge < -0.3 is 4.57 Å². The van der Waals surface area contributed by atoms with Crippen molar-refractivity contribution < 1.29 is 0 Å². The van der Waals surface area contributed by atoms with Crippen LogP contribution in [0.5, 0.6) is 0 Å². The summed E-state index contributed by atoms with van der Waals surface area (Å²) in [5.41, 5.74) is 1.44. The summed E-state index contributed by atoms with van der Waals surface area (Å²) in [6.07, 6.45) is 9.76. The fourth-order valence-corrected chi connectivity index (χ4v) is 4.02. The number of hydrogen-bond donors (Lipinski definition) is 1. The van der Waals surface area contributed by atoms with Crippen LogP contribution in [0.1, 0.15) is 38.5 Å². The highest BCUT2D eigenvalue weighted by Crippen LogP contribution is 2.38. The zero-order valence-electron chi connectivity index (χ0n) is 12.4. The van der Waals surface area contributed by atoms with Crippen LogP contribution in [0.4, 0.5) is 0 Å². The van der Waals surface area contributed by atoms with Gasteiger partial charge >= 0.3 is 0 Å². The molecule has 1 fully saturated rings. The number of nitrogens with zero attached hydrogens (tertiary/aromatic N) is 1. The summed E-state index contributed by atoms with van der Waals surface area (Å²) in [4.78, 5) is 12.0. The molecule has 0 radical (unpaired) electrons. The number of para-hydroxylation sites is 1. The zero-order valence-corrected chi connectivity index (χ0v) is 13.3. The van der Waals surface area contributed by atoms with Crippen LogP contribution in [0.15, 0.2) is 41.3 Å². The molecule has 0 aliphatic heterocycles. The van der Waals surface area contributed by atoms with Crippen LogP contribution < -0.4 is 5.43 Å². The molecular formula is C18H23NOS. The summed E-state index contributed by atoms with van der Waals surface area (Å²) in [6, 6.07) is 9.63. The minimum atomic E-state index is 0.114. The molecule has 0 saturated heterocycles. The topological polar surface area (TPSA) is 22.0 Å². The summed E-state index contributed by atoms with van der Waals surface area (Å²) in [5, 5.41) is 0.822. The Bertz CT molecular complexity index is 668. The minimum absolute atomic E-state index is 0.114. The van der Waals surface area contributed by atoms with Gasteiger partial charge in [0, 0.05) is 24.2 Å². The van der Waals surface area contributed by atoms with Gasteiger partial charge in [-0.05, 0) is 36.1 Å². The number of rotatable bonds is 3. The molecule has 0 unspecified atom stereocenters. The average molecular weight is 301 g/mol. The van der Waals surface area contributed by atoms with Gasteiger partial charge in [0.15, 0.2) is 5.43 Å². The van der Waals surface area contributed by atoms with Gasteiger partial charge in [-0.1, -0.05) is 37.8 Å². The first-order valence-electron chi connectivity index (χ1n) is 7.93. The third kappa shape index (κ3) is 3.03. The molecule has 1 aromatic carbocycles. The first kappa shape index (κ1) is 14.7. The predicted molar refractivity (Wildman–Crippen MR) is 92.2 cm³/mol. The molecule has 1 aliphatic carbocycles. The van der Waals surface area contributed by atoms with Crippen LogP contribution in [0.25, 0.3) is 10.9 Å². The Labute approximate surface area is 131 Å². The van der Waals surface area contributed by atoms with Gasteiger partial charge in [-0.2, -0.15) is 12.6 Å². The van der Waals surface area contributed by atoms with Crippen molar-refractivity contribution in [3.05, 3.63) is 46.8 Å². The van der Waals surface area contributed by atoms with E-state index in [1.165, 1.54) is 38.5 Å². The van der Waals surface area contributed by atoms with E-state index in [9.17, 15) is 4.79 Å². The van der Waals surface area contributed by atoms with E-state index in [1.54, 1.807) is 6.07 Å². The van der Waals surface area contributed by atoms with Crippen molar-refractivity contribution >= 4 is 23.5 Å². The van der Waals surface area contributed by atoms with Gasteiger partial charge in [-0.25, -0.2) is 0 Å². The molecule has 2 nitrogen and oxygen atoms in total. The lowest BCUT2D eigenvalue weighted by Gasteiger charge is -2.32. The molecule has 1 aliphatic rings. The molecule has 1 aromatic heterocycles. The number of thiol groups is 1. The summed E-state index contributed by atoms with van der Waals surface area (Å²) in [6.45, 7) is 0.970. The van der Waals surface area contributed by atoms with Crippen molar-refractivity contribution in [2.75, 3.05) is 5.75 Å². The van der Waals surface area contributed by atoms with Gasteiger partial charge in [-0.3, -0.25) is 4.79 Å². The Kier molecular flexibility index (Phi) is 4.39. The van der Waals surface area contributed by atoms with E-state index < -0.39 is 0 Å². The van der Waals surface area contributed by atoms with Crippen molar-refractivity contribution in [3.63, 3.8) is 0 Å². The highest BCUT2D eigenvalue weighted by Gasteiger charge is 2.30. The number of pyridine rings is 1. The summed E-state index contributed by atoms with van der Waals surface area (Å²) in [5.74, 6) is 0.924. The molecule has 1 saturated carbocycles. The van der Waals surface area contributed by atoms with Gasteiger partial charge in [0.05, 0.1) is 5.52 Å². The molecule has 1 heterocycles. The van der Waals surface area contributed by atoms with Crippen molar-refractivity contribution in [2.45, 2.75) is 45.1 Å². The number of hydrogen-bond acceptors (Lipinski definition) is 2. The van der Waals surface area contributed by atoms with E-state index in [0.29, 0.717) is 0 Å². The highest BCUT2D eigenvalue weighted by atomic mass is 32.1. The lowest BCUT2D eigenvalue weighted by Crippen LogP contribution is -2.29. The second-order valence-corrected chi connectivity index (χ2v) is 6.71. The van der Waals surface area contributed by atoms with E-state index in [0.717, 1.165) is 23.2 Å². The van der Waals surface area contributed by atoms with Gasteiger partial charge in [0.2, 0.25) is 0 Å². The normalized spacial score (nSPS) is 18.5. The third-order valence-electron chi connectivity index (χ3n) is 4.89. The van der Waals surface area contributed by atoms with Crippen molar-refractivity contribution in [1.82, 2.24) is 4.57 Å². The van der Waals surface area contributed by atoms with Crippen LogP contribution in [0.3, 0.4) is 0 Å². The number of benzene rings is 1. The van der Waals surface area contributed by atoms with E-state index in [1.807, 2.05) is 24.4 Å². The van der Waals surface area contributed by atoms with Crippen molar-refractivity contribution in [3.8, 4) is 0 Å². The predicted octanol–water partition coefficient (Wildman–Crippen LogP) is 4.27. The minimum Gasteiger partial charge on any atom is -0.347 e. The Balaban J connectivity index is 2.00. The lowest BCUT2D eigenvalue weighted by atomic mass is 9.82. The molecule has 0 bridgehead atoms. The van der Waals surface area contributed by atoms with E-state index in [-0.39, 0.29) is 10.8 Å². The molecule has 3 rings (SSSR count). The molecule has 21 heavy (non-hydrogen) atoms. The van der Waals surface area contributed by atoms with E-state index in [2.05, 4.69) is 23.3 Å². The highest BCUT2D eigenvalue weighted by molar-refractivity contribution is 7.80. The number of fused-ring (bicyclic) bond motifs is 1. The van der Waals surface area contributed by atoms with Crippen LogP contribution in [0, 0.1) is 5.41 Å². The molecule has 0 amide bonds. The Hall–Kier alpha value is -1.22. The van der Waals surface area contributed by atoms with Crippen LogP contribution >= 0.6 is 12.6 Å². The first-order chi connectivity index (χ1) is 10.2. The quantitative estimate of drug-likeness (QED) is 0.663. The largest absolute Gasteiger partial charge is 0.347 e. The molecule has 3 heteroatoms. The summed E-state index contributed by atoms with van der Waals surface area (Å²) < 4.78 is 2.26. The zero-order chi connectivity index (χ0) is 14.7. The van der Waals surface area contributed by atoms with Crippen LogP contribution in [-0.4, -0.2) is 10.3 Å². The molecule has 0 N–H and O–H groups in total. The Morgan fingerprint density at radius 2 is 1.76 bits per heavy atom. The second kappa shape index (κ2) is 6.27. The van der Waals surface area contributed by atoms with Gasteiger partial charge in [0.25, 0.3) is 0 Å². The molecular weight excluding hydrogens is 278 g/mol. The lowest BCUT2D eigenvalue weighted by molar-refractivity contribution is 0.244. The first-order valence-corrected chi connectivity index (χ1v) is 8.56. The average Bonchev–Trinajstić information content (AvgIpc) is 2.77. The van der Waals surface area contributed by atoms with Crippen molar-refractivity contribution in [2.24, 2.45) is 5.41 Å².